The molecule has 5 rings (SSSR count). The molecule has 4 heterocycles. The third-order valence-electron chi connectivity index (χ3n) is 5.82. The largest absolute Gasteiger partial charge is 0.449 e. The zero-order chi connectivity index (χ0) is 20.1. The molecule has 0 N–H and O–H groups in total. The van der Waals surface area contributed by atoms with Gasteiger partial charge in [0.05, 0.1) is 0 Å². The molecule has 29 heavy (non-hydrogen) atoms. The number of allylic oxidation sites excluding steroid dienone is 1. The van der Waals surface area contributed by atoms with E-state index in [1.54, 1.807) is 6.20 Å². The van der Waals surface area contributed by atoms with Crippen LogP contribution in [0.3, 0.4) is 0 Å². The molecule has 0 saturated heterocycles. The number of pyridine rings is 2. The lowest BCUT2D eigenvalue weighted by Gasteiger charge is -2.26. The van der Waals surface area contributed by atoms with E-state index in [0.29, 0.717) is 5.71 Å². The fraction of sp³-hybridized carbons (Fsp3) is 0.167. The minimum absolute atomic E-state index is 0.00331. The lowest BCUT2D eigenvalue weighted by atomic mass is 9.51. The highest BCUT2D eigenvalue weighted by Crippen LogP contribution is 2.28. The zero-order valence-corrected chi connectivity index (χ0v) is 17.2. The molecular formula is C24H23BN3O+. The summed E-state index contributed by atoms with van der Waals surface area (Å²) in [4.78, 5) is 6.68. The molecule has 3 aromatic heterocycles. The first-order valence-electron chi connectivity index (χ1n) is 9.88. The van der Waals surface area contributed by atoms with Crippen LogP contribution < -0.4 is 15.8 Å². The van der Waals surface area contributed by atoms with Crippen molar-refractivity contribution in [2.45, 2.75) is 13.8 Å². The Hall–Kier alpha value is -3.34. The van der Waals surface area contributed by atoms with Gasteiger partial charge in [-0.25, -0.2) is 9.55 Å². The van der Waals surface area contributed by atoms with Gasteiger partial charge in [-0.2, -0.15) is 0 Å². The molecule has 0 atom stereocenters. The summed E-state index contributed by atoms with van der Waals surface area (Å²) >= 11 is 0. The molecule has 1 aliphatic rings. The summed E-state index contributed by atoms with van der Waals surface area (Å²) < 4.78 is 8.52. The number of fused-ring (bicyclic) bond motifs is 3. The minimum atomic E-state index is -0.00331. The van der Waals surface area contributed by atoms with Crippen molar-refractivity contribution in [3.63, 3.8) is 0 Å². The first-order valence-corrected chi connectivity index (χ1v) is 9.88. The quantitative estimate of drug-likeness (QED) is 0.396. The Morgan fingerprint density at radius 2 is 1.86 bits per heavy atom. The van der Waals surface area contributed by atoms with E-state index in [4.69, 9.17) is 4.42 Å². The maximum atomic E-state index is 6.30. The fourth-order valence-electron chi connectivity index (χ4n) is 4.49. The molecule has 4 aromatic rings. The lowest BCUT2D eigenvalue weighted by Crippen LogP contribution is -2.65. The van der Waals surface area contributed by atoms with E-state index in [9.17, 15) is 0 Å². The van der Waals surface area contributed by atoms with Crippen molar-refractivity contribution >= 4 is 34.8 Å². The monoisotopic (exact) mass is 380 g/mol. The van der Waals surface area contributed by atoms with Crippen molar-refractivity contribution in [2.24, 2.45) is 7.05 Å². The summed E-state index contributed by atoms with van der Waals surface area (Å²) in [6.07, 6.45) is 6.21. The number of hydrogen-bond acceptors (Lipinski definition) is 3. The normalized spacial score (nSPS) is 13.6. The molecule has 4 nitrogen and oxygen atoms in total. The van der Waals surface area contributed by atoms with Gasteiger partial charge in [0.25, 0.3) is 0 Å². The third-order valence-corrected chi connectivity index (χ3v) is 5.82. The summed E-state index contributed by atoms with van der Waals surface area (Å²) in [7, 11) is 4.22. The molecule has 0 fully saturated rings. The molecule has 5 heteroatoms. The van der Waals surface area contributed by atoms with E-state index in [-0.39, 0.29) is 6.85 Å². The van der Waals surface area contributed by atoms with Gasteiger partial charge in [0.2, 0.25) is 5.71 Å². The molecule has 0 saturated carbocycles. The van der Waals surface area contributed by atoms with Crippen LogP contribution in [0.15, 0.2) is 71.5 Å². The third kappa shape index (κ3) is 2.77. The van der Waals surface area contributed by atoms with E-state index in [2.05, 4.69) is 97.2 Å². The molecule has 0 bridgehead atoms. The predicted octanol–water partition coefficient (Wildman–Crippen LogP) is 3.04. The highest BCUT2D eigenvalue weighted by molar-refractivity contribution is 6.82. The first kappa shape index (κ1) is 17.7. The van der Waals surface area contributed by atoms with Crippen molar-refractivity contribution in [1.29, 1.82) is 0 Å². The van der Waals surface area contributed by atoms with Gasteiger partial charge in [0, 0.05) is 28.8 Å². The number of hydrogen-bond donors (Lipinski definition) is 0. The van der Waals surface area contributed by atoms with Crippen LogP contribution in [0.2, 0.25) is 0 Å². The summed E-state index contributed by atoms with van der Waals surface area (Å²) in [6, 6.07) is 16.9. The number of aryl methyl sites for hydroxylation is 2. The van der Waals surface area contributed by atoms with Crippen LogP contribution in [0.1, 0.15) is 18.1 Å². The van der Waals surface area contributed by atoms with Crippen molar-refractivity contribution in [1.82, 2.24) is 9.79 Å². The van der Waals surface area contributed by atoms with E-state index < -0.39 is 0 Å². The maximum Gasteiger partial charge on any atom is 0.443 e. The molecular weight excluding hydrogens is 357 g/mol. The van der Waals surface area contributed by atoms with E-state index in [1.807, 2.05) is 6.07 Å². The molecule has 0 radical (unpaired) electrons. The first-order chi connectivity index (χ1) is 14.0. The topological polar surface area (TPSA) is 33.2 Å². The number of rotatable bonds is 2. The van der Waals surface area contributed by atoms with Gasteiger partial charge in [0.15, 0.2) is 11.8 Å². The van der Waals surface area contributed by atoms with Crippen molar-refractivity contribution in [3.05, 3.63) is 78.3 Å². The van der Waals surface area contributed by atoms with E-state index in [0.717, 1.165) is 11.0 Å². The highest BCUT2D eigenvalue weighted by atomic mass is 16.3. The second-order valence-corrected chi connectivity index (χ2v) is 7.85. The Kier molecular flexibility index (Phi) is 4.05. The lowest BCUT2D eigenvalue weighted by molar-refractivity contribution is -0.653. The van der Waals surface area contributed by atoms with Gasteiger partial charge in [0.1, 0.15) is 12.7 Å². The van der Waals surface area contributed by atoms with Gasteiger partial charge in [-0.3, -0.25) is 0 Å². The van der Waals surface area contributed by atoms with Crippen LogP contribution in [-0.2, 0) is 7.05 Å². The number of furan rings is 1. The Balaban J connectivity index is 1.70. The second-order valence-electron chi connectivity index (χ2n) is 7.85. The van der Waals surface area contributed by atoms with Crippen LogP contribution in [0.5, 0.6) is 0 Å². The molecule has 1 aromatic carbocycles. The van der Waals surface area contributed by atoms with Crippen LogP contribution in [0, 0.1) is 6.92 Å². The highest BCUT2D eigenvalue weighted by Gasteiger charge is 2.41. The average molecular weight is 380 g/mol. The van der Waals surface area contributed by atoms with Gasteiger partial charge in [-0.05, 0) is 55.9 Å². The fourth-order valence-corrected chi connectivity index (χ4v) is 4.49. The summed E-state index contributed by atoms with van der Waals surface area (Å²) in [6.45, 7) is 4.31. The molecule has 142 valence electrons. The van der Waals surface area contributed by atoms with Crippen molar-refractivity contribution in [2.75, 3.05) is 7.05 Å². The van der Waals surface area contributed by atoms with Crippen LogP contribution in [0.4, 0.5) is 0 Å². The molecule has 0 spiro atoms. The molecule has 0 aliphatic carbocycles. The SMILES string of the molecule is CC1=CN(C)B(c2cc(C)c(-c3ccccc3)c[n+]2C)c2oc3ncccc3c21. The number of nitrogens with zero attached hydrogens (tertiary/aromatic N) is 3. The molecule has 0 unspecified atom stereocenters. The Bertz CT molecular complexity index is 1260. The van der Waals surface area contributed by atoms with Gasteiger partial charge >= 0.3 is 6.85 Å². The Morgan fingerprint density at radius 1 is 1.07 bits per heavy atom. The van der Waals surface area contributed by atoms with Crippen LogP contribution >= 0.6 is 0 Å². The Labute approximate surface area is 171 Å². The van der Waals surface area contributed by atoms with Crippen molar-refractivity contribution in [3.8, 4) is 11.1 Å². The standard InChI is InChI=1S/C24H23BN3O/c1-16-13-21(27(3)15-20(16)18-9-6-5-7-10-18)25-23-22(17(2)14-28(25)4)19-11-8-12-26-24(19)29-23/h5-15H,1-4H3/q+1. The predicted molar refractivity (Wildman–Crippen MR) is 118 cm³/mol. The van der Waals surface area contributed by atoms with Crippen LogP contribution in [-0.4, -0.2) is 23.7 Å². The summed E-state index contributed by atoms with van der Waals surface area (Å²) in [5.41, 5.74) is 8.94. The van der Waals surface area contributed by atoms with E-state index >= 15 is 0 Å². The minimum Gasteiger partial charge on any atom is -0.449 e. The van der Waals surface area contributed by atoms with Crippen LogP contribution in [0.25, 0.3) is 27.8 Å². The van der Waals surface area contributed by atoms with Crippen molar-refractivity contribution < 1.29 is 8.98 Å². The maximum absolute atomic E-state index is 6.30. The van der Waals surface area contributed by atoms with Gasteiger partial charge < -0.3 is 9.23 Å². The molecule has 0 amide bonds. The summed E-state index contributed by atoms with van der Waals surface area (Å²) in [5, 5.41) is 1.08. The zero-order valence-electron chi connectivity index (χ0n) is 17.2. The van der Waals surface area contributed by atoms with Gasteiger partial charge in [-0.15, -0.1) is 0 Å². The summed E-state index contributed by atoms with van der Waals surface area (Å²) in [5.74, 6) is 0. The Morgan fingerprint density at radius 3 is 2.66 bits per heavy atom. The molecule has 1 aliphatic heterocycles. The second kappa shape index (κ2) is 6.62. The average Bonchev–Trinajstić information content (AvgIpc) is 3.10. The number of aromatic nitrogens is 2. The van der Waals surface area contributed by atoms with E-state index in [1.165, 1.54) is 33.4 Å². The number of benzene rings is 1. The smallest absolute Gasteiger partial charge is 0.443 e. The van der Waals surface area contributed by atoms with Gasteiger partial charge in [-0.1, -0.05) is 30.3 Å².